The zero-order chi connectivity index (χ0) is 12.1. The molecule has 1 aromatic carbocycles. The summed E-state index contributed by atoms with van der Waals surface area (Å²) in [6.07, 6.45) is 0. The average Bonchev–Trinajstić information content (AvgIpc) is 2.35. The van der Waals surface area contributed by atoms with Crippen molar-refractivity contribution < 1.29 is 4.74 Å². The van der Waals surface area contributed by atoms with Crippen LogP contribution in [0.2, 0.25) is 5.15 Å². The van der Waals surface area contributed by atoms with Gasteiger partial charge in [-0.05, 0) is 30.8 Å². The molecule has 0 spiro atoms. The molecule has 5 heteroatoms. The van der Waals surface area contributed by atoms with Gasteiger partial charge in [-0.15, -0.1) is 10.2 Å². The first kappa shape index (κ1) is 11.8. The Hall–Kier alpha value is -1.65. The molecule has 88 valence electrons. The Morgan fingerprint density at radius 1 is 1.12 bits per heavy atom. The molecular formula is C12H12ClN3O. The molecule has 2 aromatic rings. The maximum absolute atomic E-state index is 5.63. The first-order chi connectivity index (χ1) is 8.28. The highest BCUT2D eigenvalue weighted by molar-refractivity contribution is 6.29. The van der Waals surface area contributed by atoms with Gasteiger partial charge in [-0.3, -0.25) is 0 Å². The standard InChI is InChI=1S/C12H12ClN3O/c1-14-8-9-2-4-10(5-3-9)17-12-7-6-11(13)15-16-12/h2-7,14H,8H2,1H3. The Morgan fingerprint density at radius 3 is 2.47 bits per heavy atom. The quantitative estimate of drug-likeness (QED) is 0.905. The Kier molecular flexibility index (Phi) is 3.90. The maximum atomic E-state index is 5.63. The summed E-state index contributed by atoms with van der Waals surface area (Å²) in [4.78, 5) is 0. The van der Waals surface area contributed by atoms with Crippen LogP contribution in [0.4, 0.5) is 0 Å². The minimum absolute atomic E-state index is 0.349. The van der Waals surface area contributed by atoms with E-state index in [1.807, 2.05) is 31.3 Å². The lowest BCUT2D eigenvalue weighted by atomic mass is 10.2. The van der Waals surface area contributed by atoms with Gasteiger partial charge >= 0.3 is 0 Å². The molecule has 0 amide bonds. The van der Waals surface area contributed by atoms with E-state index in [1.54, 1.807) is 12.1 Å². The molecule has 0 radical (unpaired) electrons. The van der Waals surface area contributed by atoms with Crippen LogP contribution < -0.4 is 10.1 Å². The molecule has 0 fully saturated rings. The first-order valence-corrected chi connectivity index (χ1v) is 5.56. The first-order valence-electron chi connectivity index (χ1n) is 5.18. The van der Waals surface area contributed by atoms with Crippen LogP contribution in [-0.2, 0) is 6.54 Å². The van der Waals surface area contributed by atoms with Crippen molar-refractivity contribution in [2.24, 2.45) is 0 Å². The van der Waals surface area contributed by atoms with E-state index in [1.165, 1.54) is 5.56 Å². The van der Waals surface area contributed by atoms with Crippen LogP contribution in [0.25, 0.3) is 0 Å². The van der Waals surface area contributed by atoms with Crippen molar-refractivity contribution in [2.75, 3.05) is 7.05 Å². The van der Waals surface area contributed by atoms with Crippen molar-refractivity contribution >= 4 is 11.6 Å². The van der Waals surface area contributed by atoms with Crippen LogP contribution in [0.1, 0.15) is 5.56 Å². The normalized spacial score (nSPS) is 10.2. The highest BCUT2D eigenvalue weighted by Crippen LogP contribution is 2.19. The van der Waals surface area contributed by atoms with Gasteiger partial charge in [-0.2, -0.15) is 0 Å². The number of rotatable bonds is 4. The van der Waals surface area contributed by atoms with Crippen LogP contribution in [0.15, 0.2) is 36.4 Å². The summed E-state index contributed by atoms with van der Waals surface area (Å²) >= 11 is 5.63. The van der Waals surface area contributed by atoms with Crippen LogP contribution in [0.3, 0.4) is 0 Å². The van der Waals surface area contributed by atoms with Gasteiger partial charge < -0.3 is 10.1 Å². The van der Waals surface area contributed by atoms with Crippen molar-refractivity contribution in [1.82, 2.24) is 15.5 Å². The van der Waals surface area contributed by atoms with E-state index in [-0.39, 0.29) is 0 Å². The number of hydrogen-bond donors (Lipinski definition) is 1. The third-order valence-corrected chi connectivity index (χ3v) is 2.34. The van der Waals surface area contributed by atoms with E-state index >= 15 is 0 Å². The molecule has 0 saturated heterocycles. The van der Waals surface area contributed by atoms with Gasteiger partial charge in [-0.1, -0.05) is 23.7 Å². The molecule has 4 nitrogen and oxygen atoms in total. The molecule has 1 heterocycles. The fraction of sp³-hybridized carbons (Fsp3) is 0.167. The molecule has 0 saturated carbocycles. The van der Waals surface area contributed by atoms with Crippen molar-refractivity contribution in [1.29, 1.82) is 0 Å². The number of halogens is 1. The van der Waals surface area contributed by atoms with Crippen molar-refractivity contribution in [3.05, 3.63) is 47.1 Å². The molecule has 0 aliphatic rings. The fourth-order valence-electron chi connectivity index (χ4n) is 1.36. The highest BCUT2D eigenvalue weighted by atomic mass is 35.5. The molecule has 0 bridgehead atoms. The van der Waals surface area contributed by atoms with E-state index in [0.717, 1.165) is 12.3 Å². The summed E-state index contributed by atoms with van der Waals surface area (Å²) in [5, 5.41) is 10.9. The lowest BCUT2D eigenvalue weighted by Crippen LogP contribution is -2.04. The third-order valence-electron chi connectivity index (χ3n) is 2.13. The number of aromatic nitrogens is 2. The van der Waals surface area contributed by atoms with E-state index in [9.17, 15) is 0 Å². The van der Waals surface area contributed by atoms with Crippen molar-refractivity contribution in [2.45, 2.75) is 6.54 Å². The second-order valence-electron chi connectivity index (χ2n) is 3.47. The fourth-order valence-corrected chi connectivity index (χ4v) is 1.46. The Bertz CT molecular complexity index is 470. The largest absolute Gasteiger partial charge is 0.438 e. The average molecular weight is 250 g/mol. The molecule has 0 unspecified atom stereocenters. The molecule has 1 N–H and O–H groups in total. The topological polar surface area (TPSA) is 47.0 Å². The SMILES string of the molecule is CNCc1ccc(Oc2ccc(Cl)nn2)cc1. The minimum Gasteiger partial charge on any atom is -0.438 e. The zero-order valence-corrected chi connectivity index (χ0v) is 10.1. The van der Waals surface area contributed by atoms with E-state index in [4.69, 9.17) is 16.3 Å². The van der Waals surface area contributed by atoms with Gasteiger partial charge in [0.05, 0.1) is 0 Å². The van der Waals surface area contributed by atoms with Gasteiger partial charge in [-0.25, -0.2) is 0 Å². The summed E-state index contributed by atoms with van der Waals surface area (Å²) in [7, 11) is 1.91. The summed E-state index contributed by atoms with van der Waals surface area (Å²) in [6, 6.07) is 11.1. The second kappa shape index (κ2) is 5.61. The monoisotopic (exact) mass is 249 g/mol. The van der Waals surface area contributed by atoms with Crippen molar-refractivity contribution in [3.8, 4) is 11.6 Å². The van der Waals surface area contributed by atoms with Crippen molar-refractivity contribution in [3.63, 3.8) is 0 Å². The number of hydrogen-bond acceptors (Lipinski definition) is 4. The lowest BCUT2D eigenvalue weighted by Gasteiger charge is -2.05. The smallest absolute Gasteiger partial charge is 0.238 e. The number of nitrogens with one attached hydrogen (secondary N) is 1. The number of ether oxygens (including phenoxy) is 1. The van der Waals surface area contributed by atoms with Crippen LogP contribution in [0, 0.1) is 0 Å². The minimum atomic E-state index is 0.349. The Labute approximate surface area is 105 Å². The highest BCUT2D eigenvalue weighted by Gasteiger charge is 1.99. The third kappa shape index (κ3) is 3.41. The summed E-state index contributed by atoms with van der Waals surface area (Å²) in [5.41, 5.74) is 1.20. The molecule has 1 aromatic heterocycles. The second-order valence-corrected chi connectivity index (χ2v) is 3.86. The number of nitrogens with zero attached hydrogens (tertiary/aromatic N) is 2. The molecule has 0 atom stereocenters. The summed E-state index contributed by atoms with van der Waals surface area (Å²) in [6.45, 7) is 0.834. The number of benzene rings is 1. The molecule has 0 aliphatic heterocycles. The van der Waals surface area contributed by atoms with Gasteiger partial charge in [0.2, 0.25) is 5.88 Å². The molecule has 17 heavy (non-hydrogen) atoms. The van der Waals surface area contributed by atoms with E-state index in [2.05, 4.69) is 15.5 Å². The van der Waals surface area contributed by atoms with E-state index in [0.29, 0.717) is 11.0 Å². The van der Waals surface area contributed by atoms with Gasteiger partial charge in [0, 0.05) is 12.6 Å². The zero-order valence-electron chi connectivity index (χ0n) is 9.35. The summed E-state index contributed by atoms with van der Waals surface area (Å²) in [5.74, 6) is 1.15. The van der Waals surface area contributed by atoms with Crippen LogP contribution in [0.5, 0.6) is 11.6 Å². The molecular weight excluding hydrogens is 238 g/mol. The van der Waals surface area contributed by atoms with Gasteiger partial charge in [0.15, 0.2) is 5.15 Å². The maximum Gasteiger partial charge on any atom is 0.238 e. The molecule has 0 aliphatic carbocycles. The lowest BCUT2D eigenvalue weighted by molar-refractivity contribution is 0.455. The Balaban J connectivity index is 2.05. The van der Waals surface area contributed by atoms with Gasteiger partial charge in [0.1, 0.15) is 5.75 Å². The summed E-state index contributed by atoms with van der Waals surface area (Å²) < 4.78 is 5.51. The predicted octanol–water partition coefficient (Wildman–Crippen LogP) is 2.64. The van der Waals surface area contributed by atoms with Gasteiger partial charge in [0.25, 0.3) is 0 Å². The molecule has 2 rings (SSSR count). The van der Waals surface area contributed by atoms with Crippen LogP contribution >= 0.6 is 11.6 Å². The Morgan fingerprint density at radius 2 is 1.88 bits per heavy atom. The predicted molar refractivity (Wildman–Crippen MR) is 66.3 cm³/mol. The van der Waals surface area contributed by atoms with E-state index < -0.39 is 0 Å². The van der Waals surface area contributed by atoms with Crippen LogP contribution in [-0.4, -0.2) is 17.2 Å².